The number of rotatable bonds is 8. The lowest BCUT2D eigenvalue weighted by atomic mass is 10.1. The van der Waals surface area contributed by atoms with E-state index in [1.807, 2.05) is 52.8 Å². The van der Waals surface area contributed by atoms with Crippen molar-refractivity contribution >= 4 is 23.4 Å². The summed E-state index contributed by atoms with van der Waals surface area (Å²) < 4.78 is 5.87. The van der Waals surface area contributed by atoms with Crippen LogP contribution in [0, 0.1) is 20.8 Å². The summed E-state index contributed by atoms with van der Waals surface area (Å²) >= 11 is 5.97. The number of hydrogen-bond acceptors (Lipinski definition) is 3. The van der Waals surface area contributed by atoms with Crippen molar-refractivity contribution in [1.29, 1.82) is 0 Å². The zero-order chi connectivity index (χ0) is 22.4. The molecule has 0 bridgehead atoms. The van der Waals surface area contributed by atoms with Gasteiger partial charge in [0, 0.05) is 17.6 Å². The molecule has 0 fully saturated rings. The third kappa shape index (κ3) is 6.49. The Kier molecular flexibility index (Phi) is 8.30. The molecule has 5 nitrogen and oxygen atoms in total. The molecule has 6 heteroatoms. The van der Waals surface area contributed by atoms with E-state index in [4.69, 9.17) is 16.3 Å². The highest BCUT2D eigenvalue weighted by Crippen LogP contribution is 2.23. The van der Waals surface area contributed by atoms with Gasteiger partial charge in [-0.25, -0.2) is 0 Å². The summed E-state index contributed by atoms with van der Waals surface area (Å²) in [5.74, 6) is 0.233. The first-order valence-electron chi connectivity index (χ1n) is 10.1. The zero-order valence-electron chi connectivity index (χ0n) is 18.6. The van der Waals surface area contributed by atoms with Crippen molar-refractivity contribution in [2.24, 2.45) is 0 Å². The van der Waals surface area contributed by atoms with Crippen LogP contribution in [0.3, 0.4) is 0 Å². The second-order valence-corrected chi connectivity index (χ2v) is 8.42. The first-order valence-corrected chi connectivity index (χ1v) is 10.5. The summed E-state index contributed by atoms with van der Waals surface area (Å²) in [7, 11) is 0. The summed E-state index contributed by atoms with van der Waals surface area (Å²) in [6, 6.07) is 10.6. The summed E-state index contributed by atoms with van der Waals surface area (Å²) in [6.45, 7) is 11.6. The zero-order valence-corrected chi connectivity index (χ0v) is 19.3. The van der Waals surface area contributed by atoms with Gasteiger partial charge in [-0.2, -0.15) is 0 Å². The molecule has 1 atom stereocenters. The second kappa shape index (κ2) is 10.5. The van der Waals surface area contributed by atoms with Crippen molar-refractivity contribution in [2.45, 2.75) is 60.2 Å². The Bertz CT molecular complexity index is 894. The van der Waals surface area contributed by atoms with Gasteiger partial charge in [0.25, 0.3) is 5.91 Å². The maximum absolute atomic E-state index is 13.1. The second-order valence-electron chi connectivity index (χ2n) is 7.98. The van der Waals surface area contributed by atoms with Crippen molar-refractivity contribution in [1.82, 2.24) is 10.2 Å². The number of nitrogens with zero attached hydrogens (tertiary/aromatic N) is 1. The van der Waals surface area contributed by atoms with Crippen molar-refractivity contribution in [3.05, 3.63) is 63.7 Å². The van der Waals surface area contributed by atoms with Crippen LogP contribution >= 0.6 is 11.6 Å². The van der Waals surface area contributed by atoms with Crippen LogP contribution in [0.1, 0.15) is 43.0 Å². The van der Waals surface area contributed by atoms with Crippen LogP contribution < -0.4 is 10.1 Å². The van der Waals surface area contributed by atoms with Crippen molar-refractivity contribution in [3.63, 3.8) is 0 Å². The molecule has 0 aliphatic carbocycles. The molecule has 162 valence electrons. The highest BCUT2D eigenvalue weighted by Gasteiger charge is 2.27. The smallest absolute Gasteiger partial charge is 0.261 e. The van der Waals surface area contributed by atoms with Gasteiger partial charge in [-0.05, 0) is 82.0 Å². The molecule has 0 radical (unpaired) electrons. The summed E-state index contributed by atoms with van der Waals surface area (Å²) in [5, 5.41) is 3.50. The Labute approximate surface area is 184 Å². The molecule has 2 rings (SSSR count). The van der Waals surface area contributed by atoms with Crippen LogP contribution in [0.4, 0.5) is 0 Å². The largest absolute Gasteiger partial charge is 0.483 e. The van der Waals surface area contributed by atoms with Gasteiger partial charge in [0.05, 0.1) is 0 Å². The standard InChI is InChI=1S/C24H31ClN2O3/c1-15(2)26-24(29)19(6)27(13-20-7-9-21(25)10-8-20)23(28)14-30-22-12-16(3)11-17(4)18(22)5/h7-12,15,19H,13-14H2,1-6H3,(H,26,29)/t19-/m0/s1. The van der Waals surface area contributed by atoms with Crippen LogP contribution in [0.25, 0.3) is 0 Å². The van der Waals surface area contributed by atoms with Crippen LogP contribution in [-0.4, -0.2) is 35.4 Å². The van der Waals surface area contributed by atoms with E-state index in [2.05, 4.69) is 11.4 Å². The van der Waals surface area contributed by atoms with Gasteiger partial charge in [-0.1, -0.05) is 29.8 Å². The molecule has 0 saturated heterocycles. The monoisotopic (exact) mass is 430 g/mol. The molecule has 0 aliphatic heterocycles. The van der Waals surface area contributed by atoms with Crippen LogP contribution in [0.2, 0.25) is 5.02 Å². The number of carbonyl (C=O) groups excluding carboxylic acids is 2. The van der Waals surface area contributed by atoms with E-state index in [-0.39, 0.29) is 31.0 Å². The molecule has 0 unspecified atom stereocenters. The summed E-state index contributed by atoms with van der Waals surface area (Å²) in [6.07, 6.45) is 0. The minimum atomic E-state index is -0.639. The van der Waals surface area contributed by atoms with Gasteiger partial charge in [-0.15, -0.1) is 0 Å². The van der Waals surface area contributed by atoms with E-state index in [0.717, 1.165) is 22.3 Å². The molecule has 1 N–H and O–H groups in total. The predicted molar refractivity (Wildman–Crippen MR) is 121 cm³/mol. The fraction of sp³-hybridized carbons (Fsp3) is 0.417. The molecular weight excluding hydrogens is 400 g/mol. The maximum atomic E-state index is 13.1. The number of benzene rings is 2. The van der Waals surface area contributed by atoms with Gasteiger partial charge in [0.15, 0.2) is 6.61 Å². The molecule has 2 aromatic rings. The number of nitrogens with one attached hydrogen (secondary N) is 1. The SMILES string of the molecule is Cc1cc(C)c(C)c(OCC(=O)N(Cc2ccc(Cl)cc2)[C@@H](C)C(=O)NC(C)C)c1. The number of hydrogen-bond donors (Lipinski definition) is 1. The molecule has 2 aromatic carbocycles. The molecule has 0 spiro atoms. The Balaban J connectivity index is 2.20. The van der Waals surface area contributed by atoms with E-state index in [1.165, 1.54) is 0 Å². The molecule has 0 aliphatic rings. The number of amides is 2. The third-order valence-corrected chi connectivity index (χ3v) is 5.23. The third-order valence-electron chi connectivity index (χ3n) is 4.98. The minimum absolute atomic E-state index is 0.0124. The van der Waals surface area contributed by atoms with E-state index >= 15 is 0 Å². The molecule has 0 saturated carbocycles. The quantitative estimate of drug-likeness (QED) is 0.666. The van der Waals surface area contributed by atoms with E-state index in [0.29, 0.717) is 10.8 Å². The van der Waals surface area contributed by atoms with E-state index in [9.17, 15) is 9.59 Å². The lowest BCUT2D eigenvalue weighted by Gasteiger charge is -2.29. The van der Waals surface area contributed by atoms with E-state index in [1.54, 1.807) is 24.0 Å². The van der Waals surface area contributed by atoms with Crippen molar-refractivity contribution in [3.8, 4) is 5.75 Å². The van der Waals surface area contributed by atoms with Gasteiger partial charge >= 0.3 is 0 Å². The van der Waals surface area contributed by atoms with Crippen molar-refractivity contribution in [2.75, 3.05) is 6.61 Å². The topological polar surface area (TPSA) is 58.6 Å². The van der Waals surface area contributed by atoms with Crippen LogP contribution in [0.5, 0.6) is 5.75 Å². The normalized spacial score (nSPS) is 11.9. The number of aryl methyl sites for hydroxylation is 2. The fourth-order valence-corrected chi connectivity index (χ4v) is 3.27. The number of carbonyl (C=O) groups is 2. The van der Waals surface area contributed by atoms with E-state index < -0.39 is 6.04 Å². The van der Waals surface area contributed by atoms with Gasteiger partial charge in [-0.3, -0.25) is 9.59 Å². The highest BCUT2D eigenvalue weighted by molar-refractivity contribution is 6.30. The average molecular weight is 431 g/mol. The Morgan fingerprint density at radius 3 is 2.30 bits per heavy atom. The average Bonchev–Trinajstić information content (AvgIpc) is 2.67. The first-order chi connectivity index (χ1) is 14.1. The van der Waals surface area contributed by atoms with Gasteiger partial charge < -0.3 is 15.0 Å². The molecule has 2 amide bonds. The molecule has 30 heavy (non-hydrogen) atoms. The minimum Gasteiger partial charge on any atom is -0.483 e. The first kappa shape index (κ1) is 23.7. The summed E-state index contributed by atoms with van der Waals surface area (Å²) in [5.41, 5.74) is 4.08. The van der Waals surface area contributed by atoms with Crippen molar-refractivity contribution < 1.29 is 14.3 Å². The predicted octanol–water partition coefficient (Wildman–Crippen LogP) is 4.59. The lowest BCUT2D eigenvalue weighted by Crippen LogP contribution is -2.50. The molecular formula is C24H31ClN2O3. The van der Waals surface area contributed by atoms with Crippen LogP contribution in [-0.2, 0) is 16.1 Å². The number of halogens is 1. The fourth-order valence-electron chi connectivity index (χ4n) is 3.15. The maximum Gasteiger partial charge on any atom is 0.261 e. The molecule has 0 aromatic heterocycles. The Morgan fingerprint density at radius 1 is 1.07 bits per heavy atom. The lowest BCUT2D eigenvalue weighted by molar-refractivity contribution is -0.142. The summed E-state index contributed by atoms with van der Waals surface area (Å²) in [4.78, 5) is 27.2. The molecule has 0 heterocycles. The Morgan fingerprint density at radius 2 is 1.70 bits per heavy atom. The van der Waals surface area contributed by atoms with Gasteiger partial charge in [0.1, 0.15) is 11.8 Å². The van der Waals surface area contributed by atoms with Crippen LogP contribution in [0.15, 0.2) is 36.4 Å². The van der Waals surface area contributed by atoms with Gasteiger partial charge in [0.2, 0.25) is 5.91 Å². The Hall–Kier alpha value is -2.53. The highest BCUT2D eigenvalue weighted by atomic mass is 35.5. The number of ether oxygens (including phenoxy) is 1.